The zero-order chi connectivity index (χ0) is 15.2. The Labute approximate surface area is 127 Å². The fourth-order valence-corrected chi connectivity index (χ4v) is 2.79. The smallest absolute Gasteiger partial charge is 0.233 e. The highest BCUT2D eigenvalue weighted by Crippen LogP contribution is 2.23. The van der Waals surface area contributed by atoms with Crippen LogP contribution >= 0.6 is 11.8 Å². The summed E-state index contributed by atoms with van der Waals surface area (Å²) in [5.41, 5.74) is 0.747. The normalized spacial score (nSPS) is 10.5. The number of hydrogen-bond donors (Lipinski definition) is 0. The van der Waals surface area contributed by atoms with Gasteiger partial charge in [0, 0.05) is 20.1 Å². The molecular formula is C13H16N6OS. The number of thioether (sulfide) groups is 1. The molecule has 21 heavy (non-hydrogen) atoms. The zero-order valence-electron chi connectivity index (χ0n) is 12.0. The Balaban J connectivity index is 2.04. The summed E-state index contributed by atoms with van der Waals surface area (Å²) in [4.78, 5) is 22.2. The monoisotopic (exact) mass is 304 g/mol. The summed E-state index contributed by atoms with van der Waals surface area (Å²) in [6.07, 6.45) is 3.53. The minimum atomic E-state index is 0.00778. The van der Waals surface area contributed by atoms with Gasteiger partial charge in [-0.2, -0.15) is 10.4 Å². The van der Waals surface area contributed by atoms with Crippen LogP contribution in [0.5, 0.6) is 0 Å². The predicted octanol–water partition coefficient (Wildman–Crippen LogP) is 1.22. The first-order valence-electron chi connectivity index (χ1n) is 6.57. The first-order chi connectivity index (χ1) is 10.2. The lowest BCUT2D eigenvalue weighted by molar-refractivity contribution is -0.128. The number of hydrogen-bond acceptors (Lipinski definition) is 6. The van der Waals surface area contributed by atoms with Crippen molar-refractivity contribution in [2.24, 2.45) is 7.05 Å². The van der Waals surface area contributed by atoms with E-state index in [9.17, 15) is 4.79 Å². The van der Waals surface area contributed by atoms with Crippen molar-refractivity contribution in [3.63, 3.8) is 0 Å². The van der Waals surface area contributed by atoms with E-state index >= 15 is 0 Å². The lowest BCUT2D eigenvalue weighted by Crippen LogP contribution is -2.33. The molecule has 0 aromatic carbocycles. The average molecular weight is 304 g/mol. The number of nitriles is 1. The van der Waals surface area contributed by atoms with Crippen molar-refractivity contribution < 1.29 is 4.79 Å². The largest absolute Gasteiger partial charge is 0.341 e. The molecule has 0 radical (unpaired) electrons. The van der Waals surface area contributed by atoms with Gasteiger partial charge >= 0.3 is 0 Å². The molecule has 110 valence electrons. The van der Waals surface area contributed by atoms with Crippen molar-refractivity contribution in [2.45, 2.75) is 18.4 Å². The first kappa shape index (κ1) is 15.3. The summed E-state index contributed by atoms with van der Waals surface area (Å²) in [6, 6.07) is 2.06. The summed E-state index contributed by atoms with van der Waals surface area (Å²) >= 11 is 1.37. The molecule has 0 N–H and O–H groups in total. The Morgan fingerprint density at radius 2 is 2.33 bits per heavy atom. The number of amides is 1. The molecule has 0 fully saturated rings. The summed E-state index contributed by atoms with van der Waals surface area (Å²) in [5, 5.41) is 14.3. The van der Waals surface area contributed by atoms with E-state index in [1.165, 1.54) is 18.1 Å². The molecule has 2 rings (SSSR count). The third-order valence-corrected chi connectivity index (χ3v) is 4.04. The Kier molecular flexibility index (Phi) is 5.11. The van der Waals surface area contributed by atoms with Gasteiger partial charge in [-0.25, -0.2) is 9.97 Å². The second-order valence-corrected chi connectivity index (χ2v) is 5.32. The minimum Gasteiger partial charge on any atom is -0.341 e. The Hall–Kier alpha value is -2.14. The maximum absolute atomic E-state index is 12.1. The third kappa shape index (κ3) is 3.49. The summed E-state index contributed by atoms with van der Waals surface area (Å²) in [7, 11) is 1.82. The quantitative estimate of drug-likeness (QED) is 0.589. The van der Waals surface area contributed by atoms with Crippen molar-refractivity contribution in [1.82, 2.24) is 24.6 Å². The Morgan fingerprint density at radius 1 is 1.52 bits per heavy atom. The van der Waals surface area contributed by atoms with Gasteiger partial charge in [0.05, 0.1) is 29.8 Å². The van der Waals surface area contributed by atoms with Crippen molar-refractivity contribution in [1.29, 1.82) is 5.26 Å². The van der Waals surface area contributed by atoms with Crippen LogP contribution in [0, 0.1) is 11.3 Å². The molecule has 0 saturated heterocycles. The standard InChI is InChI=1S/C13H16N6OS/c1-3-19(6-4-5-14)11(20)8-21-13-10-7-17-18(2)12(10)15-9-16-13/h7,9H,3-4,6,8H2,1-2H3. The average Bonchev–Trinajstić information content (AvgIpc) is 2.88. The number of rotatable bonds is 6. The molecular weight excluding hydrogens is 288 g/mol. The van der Waals surface area contributed by atoms with Gasteiger partial charge in [0.15, 0.2) is 5.65 Å². The van der Waals surface area contributed by atoms with Crippen LogP contribution in [0.4, 0.5) is 0 Å². The van der Waals surface area contributed by atoms with Crippen molar-refractivity contribution in [3.05, 3.63) is 12.5 Å². The lowest BCUT2D eigenvalue weighted by Gasteiger charge is -2.19. The topological polar surface area (TPSA) is 87.7 Å². The molecule has 0 aliphatic rings. The van der Waals surface area contributed by atoms with E-state index in [1.54, 1.807) is 15.8 Å². The Morgan fingerprint density at radius 3 is 3.05 bits per heavy atom. The SMILES string of the molecule is CCN(CCC#N)C(=O)CSc1ncnc2c1cnn2C. The van der Waals surface area contributed by atoms with Gasteiger partial charge in [-0.15, -0.1) is 0 Å². The maximum Gasteiger partial charge on any atom is 0.233 e. The first-order valence-corrected chi connectivity index (χ1v) is 7.56. The van der Waals surface area contributed by atoms with Crippen LogP contribution in [0.1, 0.15) is 13.3 Å². The van der Waals surface area contributed by atoms with Crippen molar-refractivity contribution in [2.75, 3.05) is 18.8 Å². The summed E-state index contributed by atoms with van der Waals surface area (Å²) < 4.78 is 1.67. The van der Waals surface area contributed by atoms with Gasteiger partial charge in [0.2, 0.25) is 5.91 Å². The molecule has 0 bridgehead atoms. The van der Waals surface area contributed by atoms with Gasteiger partial charge in [-0.3, -0.25) is 9.48 Å². The summed E-state index contributed by atoms with van der Waals surface area (Å²) in [6.45, 7) is 2.98. The molecule has 0 unspecified atom stereocenters. The molecule has 2 aromatic heterocycles. The molecule has 2 aromatic rings. The van der Waals surface area contributed by atoms with E-state index in [0.717, 1.165) is 16.1 Å². The number of carbonyl (C=O) groups is 1. The van der Waals surface area contributed by atoms with Crippen molar-refractivity contribution in [3.8, 4) is 6.07 Å². The number of carbonyl (C=O) groups excluding carboxylic acids is 1. The van der Waals surface area contributed by atoms with Gasteiger partial charge in [0.25, 0.3) is 0 Å². The van der Waals surface area contributed by atoms with Crippen molar-refractivity contribution >= 4 is 28.7 Å². The van der Waals surface area contributed by atoms with Gasteiger partial charge < -0.3 is 4.90 Å². The number of aromatic nitrogens is 4. The Bertz CT molecular complexity index is 677. The lowest BCUT2D eigenvalue weighted by atomic mass is 10.4. The van der Waals surface area contributed by atoms with E-state index < -0.39 is 0 Å². The number of fused-ring (bicyclic) bond motifs is 1. The highest BCUT2D eigenvalue weighted by atomic mass is 32.2. The highest BCUT2D eigenvalue weighted by Gasteiger charge is 2.14. The van der Waals surface area contributed by atoms with Crippen LogP contribution in [0.15, 0.2) is 17.6 Å². The fourth-order valence-electron chi connectivity index (χ4n) is 1.92. The molecule has 2 heterocycles. The molecule has 0 saturated carbocycles. The molecule has 7 nitrogen and oxygen atoms in total. The highest BCUT2D eigenvalue weighted by molar-refractivity contribution is 8.00. The van der Waals surface area contributed by atoms with Crippen LogP contribution in [-0.2, 0) is 11.8 Å². The third-order valence-electron chi connectivity index (χ3n) is 3.05. The second-order valence-electron chi connectivity index (χ2n) is 4.35. The molecule has 8 heteroatoms. The predicted molar refractivity (Wildman–Crippen MR) is 79.5 cm³/mol. The van der Waals surface area contributed by atoms with E-state index in [0.29, 0.717) is 25.3 Å². The number of aryl methyl sites for hydroxylation is 1. The minimum absolute atomic E-state index is 0.00778. The van der Waals surface area contributed by atoms with E-state index in [-0.39, 0.29) is 5.91 Å². The van der Waals surface area contributed by atoms with E-state index in [1.807, 2.05) is 14.0 Å². The molecule has 0 aliphatic heterocycles. The zero-order valence-corrected chi connectivity index (χ0v) is 12.8. The summed E-state index contributed by atoms with van der Waals surface area (Å²) in [5.74, 6) is 0.300. The van der Waals surface area contributed by atoms with Crippen LogP contribution < -0.4 is 0 Å². The van der Waals surface area contributed by atoms with Gasteiger partial charge in [-0.05, 0) is 6.92 Å². The van der Waals surface area contributed by atoms with Gasteiger partial charge in [0.1, 0.15) is 11.4 Å². The maximum atomic E-state index is 12.1. The van der Waals surface area contributed by atoms with Crippen LogP contribution in [-0.4, -0.2) is 49.4 Å². The molecule has 0 aliphatic carbocycles. The number of nitrogens with zero attached hydrogens (tertiary/aromatic N) is 6. The fraction of sp³-hybridized carbons (Fsp3) is 0.462. The second kappa shape index (κ2) is 7.04. The van der Waals surface area contributed by atoms with Crippen LogP contribution in [0.2, 0.25) is 0 Å². The molecule has 0 atom stereocenters. The van der Waals surface area contributed by atoms with Crippen LogP contribution in [0.25, 0.3) is 11.0 Å². The van der Waals surface area contributed by atoms with Crippen LogP contribution in [0.3, 0.4) is 0 Å². The van der Waals surface area contributed by atoms with E-state index in [2.05, 4.69) is 21.1 Å². The molecule has 1 amide bonds. The van der Waals surface area contributed by atoms with Gasteiger partial charge in [-0.1, -0.05) is 11.8 Å². The molecule has 0 spiro atoms. The van der Waals surface area contributed by atoms with E-state index in [4.69, 9.17) is 5.26 Å².